The van der Waals surface area contributed by atoms with Gasteiger partial charge in [0.1, 0.15) is 5.82 Å². The molecule has 0 spiro atoms. The minimum atomic E-state index is -0.270. The van der Waals surface area contributed by atoms with E-state index in [0.717, 1.165) is 24.2 Å². The maximum absolute atomic E-state index is 11.9. The topological polar surface area (TPSA) is 96.7 Å². The predicted octanol–water partition coefficient (Wildman–Crippen LogP) is 1.58. The van der Waals surface area contributed by atoms with Gasteiger partial charge < -0.3 is 11.1 Å². The number of benzene rings is 1. The molecule has 2 aromatic rings. The standard InChI is InChI=1S/C15H21N5O/c1-2-6-13-18-14(20-19-13)15(21)17-10-9-12(16)11-7-4-3-5-8-11/h3-5,7-8,12H,2,6,9-10,16H2,1H3,(H,17,21)(H,18,19,20). The first kappa shape index (κ1) is 15.2. The molecule has 112 valence electrons. The molecular formula is C15H21N5O. The van der Waals surface area contributed by atoms with Crippen molar-refractivity contribution in [2.75, 3.05) is 6.54 Å². The third-order valence-electron chi connectivity index (χ3n) is 3.19. The average molecular weight is 287 g/mol. The lowest BCUT2D eigenvalue weighted by atomic mass is 10.1. The number of hydrogen-bond acceptors (Lipinski definition) is 4. The molecule has 0 aliphatic rings. The maximum Gasteiger partial charge on any atom is 0.290 e. The van der Waals surface area contributed by atoms with Gasteiger partial charge in [0, 0.05) is 19.0 Å². The Morgan fingerprint density at radius 3 is 2.86 bits per heavy atom. The molecule has 0 bridgehead atoms. The van der Waals surface area contributed by atoms with Crippen molar-refractivity contribution >= 4 is 5.91 Å². The molecule has 1 aromatic carbocycles. The number of rotatable bonds is 7. The van der Waals surface area contributed by atoms with Crippen LogP contribution in [0.15, 0.2) is 30.3 Å². The first-order valence-electron chi connectivity index (χ1n) is 7.20. The van der Waals surface area contributed by atoms with Gasteiger partial charge in [-0.05, 0) is 18.4 Å². The van der Waals surface area contributed by atoms with Crippen LogP contribution in [0.5, 0.6) is 0 Å². The molecule has 0 aliphatic carbocycles. The van der Waals surface area contributed by atoms with Crippen molar-refractivity contribution in [1.29, 1.82) is 0 Å². The molecule has 0 saturated carbocycles. The van der Waals surface area contributed by atoms with Crippen LogP contribution in [0, 0.1) is 0 Å². The molecule has 1 unspecified atom stereocenters. The number of carbonyl (C=O) groups excluding carboxylic acids is 1. The van der Waals surface area contributed by atoms with E-state index in [2.05, 4.69) is 20.5 Å². The summed E-state index contributed by atoms with van der Waals surface area (Å²) in [4.78, 5) is 16.0. The number of amides is 1. The molecular weight excluding hydrogens is 266 g/mol. The van der Waals surface area contributed by atoms with Gasteiger partial charge in [0.25, 0.3) is 5.91 Å². The Hall–Kier alpha value is -2.21. The highest BCUT2D eigenvalue weighted by Crippen LogP contribution is 2.12. The van der Waals surface area contributed by atoms with Gasteiger partial charge in [0.2, 0.25) is 5.82 Å². The summed E-state index contributed by atoms with van der Waals surface area (Å²) in [6.45, 7) is 2.54. The van der Waals surface area contributed by atoms with Gasteiger partial charge in [-0.2, -0.15) is 0 Å². The number of aromatic nitrogens is 3. The summed E-state index contributed by atoms with van der Waals surface area (Å²) >= 11 is 0. The molecule has 1 heterocycles. The number of nitrogens with zero attached hydrogens (tertiary/aromatic N) is 2. The van der Waals surface area contributed by atoms with Crippen molar-refractivity contribution in [3.8, 4) is 0 Å². The molecule has 4 N–H and O–H groups in total. The van der Waals surface area contributed by atoms with Crippen LogP contribution >= 0.6 is 0 Å². The first-order valence-corrected chi connectivity index (χ1v) is 7.20. The third kappa shape index (κ3) is 4.39. The lowest BCUT2D eigenvalue weighted by Gasteiger charge is -2.11. The van der Waals surface area contributed by atoms with Gasteiger partial charge in [-0.1, -0.05) is 37.3 Å². The van der Waals surface area contributed by atoms with E-state index in [1.165, 1.54) is 0 Å². The highest BCUT2D eigenvalue weighted by atomic mass is 16.2. The maximum atomic E-state index is 11.9. The summed E-state index contributed by atoms with van der Waals surface area (Å²) in [7, 11) is 0. The summed E-state index contributed by atoms with van der Waals surface area (Å²) in [6, 6.07) is 9.74. The molecule has 0 aliphatic heterocycles. The second-order valence-corrected chi connectivity index (χ2v) is 4.92. The van der Waals surface area contributed by atoms with Crippen LogP contribution in [-0.2, 0) is 6.42 Å². The second kappa shape index (κ2) is 7.54. The van der Waals surface area contributed by atoms with Crippen molar-refractivity contribution in [2.24, 2.45) is 5.73 Å². The van der Waals surface area contributed by atoms with Gasteiger partial charge in [-0.3, -0.25) is 9.89 Å². The van der Waals surface area contributed by atoms with E-state index < -0.39 is 0 Å². The van der Waals surface area contributed by atoms with Gasteiger partial charge in [-0.15, -0.1) is 5.10 Å². The van der Waals surface area contributed by atoms with E-state index >= 15 is 0 Å². The van der Waals surface area contributed by atoms with E-state index in [1.54, 1.807) is 0 Å². The highest BCUT2D eigenvalue weighted by molar-refractivity contribution is 5.90. The number of aryl methyl sites for hydroxylation is 1. The number of hydrogen-bond donors (Lipinski definition) is 3. The molecule has 6 heteroatoms. The molecule has 0 saturated heterocycles. The molecule has 6 nitrogen and oxygen atoms in total. The minimum absolute atomic E-state index is 0.0886. The largest absolute Gasteiger partial charge is 0.349 e. The zero-order valence-corrected chi connectivity index (χ0v) is 12.2. The van der Waals surface area contributed by atoms with E-state index in [0.29, 0.717) is 13.0 Å². The number of nitrogens with two attached hydrogens (primary N) is 1. The number of H-pyrrole nitrogens is 1. The highest BCUT2D eigenvalue weighted by Gasteiger charge is 2.12. The molecule has 0 radical (unpaired) electrons. The zero-order chi connectivity index (χ0) is 15.1. The lowest BCUT2D eigenvalue weighted by Crippen LogP contribution is -2.28. The molecule has 21 heavy (non-hydrogen) atoms. The zero-order valence-electron chi connectivity index (χ0n) is 12.2. The van der Waals surface area contributed by atoms with Gasteiger partial charge in [0.15, 0.2) is 0 Å². The quantitative estimate of drug-likeness (QED) is 0.720. The fourth-order valence-corrected chi connectivity index (χ4v) is 2.03. The minimum Gasteiger partial charge on any atom is -0.349 e. The number of nitrogens with one attached hydrogen (secondary N) is 2. The van der Waals surface area contributed by atoms with Crippen LogP contribution in [0.4, 0.5) is 0 Å². The van der Waals surface area contributed by atoms with Crippen LogP contribution < -0.4 is 11.1 Å². The Bertz CT molecular complexity index is 566. The van der Waals surface area contributed by atoms with Crippen molar-refractivity contribution in [3.63, 3.8) is 0 Å². The predicted molar refractivity (Wildman–Crippen MR) is 80.7 cm³/mol. The smallest absolute Gasteiger partial charge is 0.290 e. The Kier molecular flexibility index (Phi) is 5.45. The SMILES string of the molecule is CCCc1nc(C(=O)NCCC(N)c2ccccc2)n[nH]1. The van der Waals surface area contributed by atoms with Gasteiger partial charge in [-0.25, -0.2) is 4.98 Å². The monoisotopic (exact) mass is 287 g/mol. The van der Waals surface area contributed by atoms with E-state index in [9.17, 15) is 4.79 Å². The van der Waals surface area contributed by atoms with Crippen LogP contribution in [0.25, 0.3) is 0 Å². The molecule has 0 fully saturated rings. The summed E-state index contributed by atoms with van der Waals surface area (Å²) in [5.74, 6) is 0.657. The van der Waals surface area contributed by atoms with Crippen molar-refractivity contribution in [2.45, 2.75) is 32.2 Å². The Balaban J connectivity index is 1.78. The van der Waals surface area contributed by atoms with E-state index in [1.807, 2.05) is 37.3 Å². The lowest BCUT2D eigenvalue weighted by molar-refractivity contribution is 0.0942. The Morgan fingerprint density at radius 1 is 1.38 bits per heavy atom. The fourth-order valence-electron chi connectivity index (χ4n) is 2.03. The van der Waals surface area contributed by atoms with Crippen molar-refractivity contribution in [1.82, 2.24) is 20.5 Å². The molecule has 1 atom stereocenters. The van der Waals surface area contributed by atoms with E-state index in [-0.39, 0.29) is 17.8 Å². The summed E-state index contributed by atoms with van der Waals surface area (Å²) in [5, 5.41) is 9.47. The number of aromatic amines is 1. The summed E-state index contributed by atoms with van der Waals surface area (Å²) < 4.78 is 0. The van der Waals surface area contributed by atoms with Crippen LogP contribution in [-0.4, -0.2) is 27.6 Å². The van der Waals surface area contributed by atoms with Crippen molar-refractivity contribution in [3.05, 3.63) is 47.5 Å². The summed E-state index contributed by atoms with van der Waals surface area (Å²) in [5.41, 5.74) is 7.14. The van der Waals surface area contributed by atoms with E-state index in [4.69, 9.17) is 5.73 Å². The Labute approximate surface area is 124 Å². The first-order chi connectivity index (χ1) is 10.2. The fraction of sp³-hybridized carbons (Fsp3) is 0.400. The van der Waals surface area contributed by atoms with Gasteiger partial charge in [0.05, 0.1) is 0 Å². The molecule has 2 rings (SSSR count). The second-order valence-electron chi connectivity index (χ2n) is 4.92. The van der Waals surface area contributed by atoms with Crippen LogP contribution in [0.1, 0.15) is 47.8 Å². The molecule has 1 aromatic heterocycles. The van der Waals surface area contributed by atoms with Gasteiger partial charge >= 0.3 is 0 Å². The average Bonchev–Trinajstić information content (AvgIpc) is 2.97. The normalized spacial score (nSPS) is 12.1. The van der Waals surface area contributed by atoms with Crippen LogP contribution in [0.3, 0.4) is 0 Å². The molecule has 1 amide bonds. The number of carbonyl (C=O) groups is 1. The summed E-state index contributed by atoms with van der Waals surface area (Å²) in [6.07, 6.45) is 2.42. The van der Waals surface area contributed by atoms with Crippen molar-refractivity contribution < 1.29 is 4.79 Å². The van der Waals surface area contributed by atoms with Crippen LogP contribution in [0.2, 0.25) is 0 Å². The third-order valence-corrected chi connectivity index (χ3v) is 3.19. The Morgan fingerprint density at radius 2 is 2.14 bits per heavy atom.